The van der Waals surface area contributed by atoms with Gasteiger partial charge < -0.3 is 25.4 Å². The molecule has 1 aromatic carbocycles. The van der Waals surface area contributed by atoms with Crippen molar-refractivity contribution in [1.29, 1.82) is 5.41 Å². The molecular formula is C21H28N4O5. The molecule has 0 bridgehead atoms. The lowest BCUT2D eigenvalue weighted by molar-refractivity contribution is -0.148. The largest absolute Gasteiger partial charge is 0.480 e. The highest BCUT2D eigenvalue weighted by molar-refractivity contribution is 6.00. The predicted molar refractivity (Wildman–Crippen MR) is 109 cm³/mol. The Morgan fingerprint density at radius 1 is 1.03 bits per heavy atom. The number of carbonyl (C=O) groups excluding carboxylic acids is 2. The van der Waals surface area contributed by atoms with E-state index in [1.54, 1.807) is 34.1 Å². The van der Waals surface area contributed by atoms with Gasteiger partial charge in [-0.2, -0.15) is 0 Å². The summed E-state index contributed by atoms with van der Waals surface area (Å²) in [5.74, 6) is -1.31. The van der Waals surface area contributed by atoms with Crippen LogP contribution < -0.4 is 5.73 Å². The molecule has 3 rings (SSSR count). The highest BCUT2D eigenvalue weighted by atomic mass is 16.5. The molecule has 9 heteroatoms. The number of piperidine rings is 2. The summed E-state index contributed by atoms with van der Waals surface area (Å²) in [5, 5.41) is 16.2. The maximum absolute atomic E-state index is 13.2. The predicted octanol–water partition coefficient (Wildman–Crippen LogP) is 1.06. The molecule has 0 radical (unpaired) electrons. The molecule has 0 spiro atoms. The van der Waals surface area contributed by atoms with Crippen LogP contribution in [0.2, 0.25) is 0 Å². The van der Waals surface area contributed by atoms with Gasteiger partial charge in [0.1, 0.15) is 18.5 Å². The second-order valence-electron chi connectivity index (χ2n) is 7.73. The number of carboxylic acids is 1. The third kappa shape index (κ3) is 5.15. The zero-order valence-electron chi connectivity index (χ0n) is 16.9. The van der Waals surface area contributed by atoms with E-state index in [1.807, 2.05) is 0 Å². The van der Waals surface area contributed by atoms with Crippen molar-refractivity contribution in [3.8, 4) is 0 Å². The third-order valence-electron chi connectivity index (χ3n) is 5.69. The molecule has 0 aromatic heterocycles. The Morgan fingerprint density at radius 2 is 1.67 bits per heavy atom. The van der Waals surface area contributed by atoms with E-state index in [2.05, 4.69) is 0 Å². The molecule has 2 fully saturated rings. The highest BCUT2D eigenvalue weighted by Crippen LogP contribution is 2.24. The summed E-state index contributed by atoms with van der Waals surface area (Å²) in [7, 11) is 0. The zero-order chi connectivity index (χ0) is 21.7. The first kappa shape index (κ1) is 21.8. The number of aliphatic carboxylic acids is 1. The number of nitrogens with zero attached hydrogens (tertiary/aromatic N) is 2. The van der Waals surface area contributed by atoms with Crippen LogP contribution in [0.15, 0.2) is 24.3 Å². The molecule has 162 valence electrons. The average molecular weight is 416 g/mol. The van der Waals surface area contributed by atoms with Crippen molar-refractivity contribution in [3.63, 3.8) is 0 Å². The number of hydrogen-bond donors (Lipinski definition) is 3. The normalized spacial score (nSPS) is 20.1. The fraction of sp³-hybridized carbons (Fsp3) is 0.524. The van der Waals surface area contributed by atoms with Crippen molar-refractivity contribution in [1.82, 2.24) is 9.80 Å². The van der Waals surface area contributed by atoms with E-state index >= 15 is 0 Å². The molecule has 9 nitrogen and oxygen atoms in total. The molecule has 2 aliphatic heterocycles. The summed E-state index contributed by atoms with van der Waals surface area (Å²) in [5.41, 5.74) is 6.49. The Labute approximate surface area is 175 Å². The number of ether oxygens (including phenoxy) is 1. The van der Waals surface area contributed by atoms with Gasteiger partial charge in [0.15, 0.2) is 0 Å². The van der Waals surface area contributed by atoms with Gasteiger partial charge in [-0.3, -0.25) is 15.0 Å². The van der Waals surface area contributed by atoms with E-state index in [9.17, 15) is 14.4 Å². The van der Waals surface area contributed by atoms with Crippen molar-refractivity contribution < 1.29 is 24.2 Å². The third-order valence-corrected chi connectivity index (χ3v) is 5.69. The number of benzene rings is 1. The van der Waals surface area contributed by atoms with Gasteiger partial charge in [0.25, 0.3) is 5.91 Å². The molecule has 1 aromatic rings. The van der Waals surface area contributed by atoms with E-state index in [-0.39, 0.29) is 30.4 Å². The van der Waals surface area contributed by atoms with Crippen LogP contribution in [0.4, 0.5) is 0 Å². The summed E-state index contributed by atoms with van der Waals surface area (Å²) < 4.78 is 5.34. The number of nitrogens with two attached hydrogens (primary N) is 1. The van der Waals surface area contributed by atoms with Gasteiger partial charge >= 0.3 is 5.97 Å². The second kappa shape index (κ2) is 9.71. The van der Waals surface area contributed by atoms with E-state index in [4.69, 9.17) is 21.0 Å². The molecule has 1 unspecified atom stereocenters. The lowest BCUT2D eigenvalue weighted by Gasteiger charge is -2.40. The summed E-state index contributed by atoms with van der Waals surface area (Å²) in [6, 6.07) is 6.06. The minimum absolute atomic E-state index is 0.0555. The monoisotopic (exact) mass is 416 g/mol. The number of nitrogens with one attached hydrogen (secondary N) is 1. The molecule has 2 amide bonds. The Kier molecular flexibility index (Phi) is 7.04. The minimum Gasteiger partial charge on any atom is -0.480 e. The molecule has 0 saturated carbocycles. The first-order valence-corrected chi connectivity index (χ1v) is 10.2. The van der Waals surface area contributed by atoms with Gasteiger partial charge in [-0.1, -0.05) is 12.1 Å². The summed E-state index contributed by atoms with van der Waals surface area (Å²) >= 11 is 0. The molecule has 30 heavy (non-hydrogen) atoms. The SMILES string of the molecule is N=C(N)c1ccc(C(=O)N2CCCCC2C(=O)N2CCC(OCC(=O)O)CC2)cc1. The van der Waals surface area contributed by atoms with Crippen LogP contribution in [-0.2, 0) is 14.3 Å². The second-order valence-corrected chi connectivity index (χ2v) is 7.73. The molecule has 2 saturated heterocycles. The van der Waals surface area contributed by atoms with Crippen LogP contribution in [0.3, 0.4) is 0 Å². The molecule has 1 atom stereocenters. The average Bonchev–Trinajstić information content (AvgIpc) is 2.77. The highest BCUT2D eigenvalue weighted by Gasteiger charge is 2.36. The Bertz CT molecular complexity index is 802. The smallest absolute Gasteiger partial charge is 0.329 e. The van der Waals surface area contributed by atoms with Gasteiger partial charge in [0, 0.05) is 30.8 Å². The first-order chi connectivity index (χ1) is 14.4. The standard InChI is InChI=1S/C21H28N4O5/c22-19(23)14-4-6-15(7-5-14)20(28)25-10-2-1-3-17(25)21(29)24-11-8-16(9-12-24)30-13-18(26)27/h4-7,16-17H,1-3,8-13H2,(H3,22,23)(H,26,27). The van der Waals surface area contributed by atoms with Gasteiger partial charge in [0.2, 0.25) is 5.91 Å². The van der Waals surface area contributed by atoms with E-state index in [1.165, 1.54) is 0 Å². The number of amides is 2. The van der Waals surface area contributed by atoms with Gasteiger partial charge in [-0.25, -0.2) is 4.79 Å². The fourth-order valence-corrected chi connectivity index (χ4v) is 4.03. The fourth-order valence-electron chi connectivity index (χ4n) is 4.03. The number of hydrogen-bond acceptors (Lipinski definition) is 5. The maximum atomic E-state index is 13.2. The number of carbonyl (C=O) groups is 3. The molecular weight excluding hydrogens is 388 g/mol. The van der Waals surface area contributed by atoms with Gasteiger partial charge in [-0.15, -0.1) is 0 Å². The number of likely N-dealkylation sites (tertiary alicyclic amines) is 2. The van der Waals surface area contributed by atoms with Crippen LogP contribution in [0, 0.1) is 5.41 Å². The summed E-state index contributed by atoms with van der Waals surface area (Å²) in [4.78, 5) is 40.3. The van der Waals surface area contributed by atoms with E-state index < -0.39 is 12.0 Å². The minimum atomic E-state index is -0.999. The van der Waals surface area contributed by atoms with E-state index in [0.717, 1.165) is 12.8 Å². The Hall–Kier alpha value is -2.94. The number of nitrogen functional groups attached to an aromatic ring is 1. The quantitative estimate of drug-likeness (QED) is 0.468. The van der Waals surface area contributed by atoms with E-state index in [0.29, 0.717) is 50.0 Å². The van der Waals surface area contributed by atoms with Crippen molar-refractivity contribution >= 4 is 23.6 Å². The van der Waals surface area contributed by atoms with Crippen molar-refractivity contribution in [2.75, 3.05) is 26.2 Å². The molecule has 2 heterocycles. The molecule has 0 aliphatic carbocycles. The summed E-state index contributed by atoms with van der Waals surface area (Å²) in [6.45, 7) is 1.19. The van der Waals surface area contributed by atoms with Crippen LogP contribution in [0.5, 0.6) is 0 Å². The van der Waals surface area contributed by atoms with Crippen LogP contribution >= 0.6 is 0 Å². The lowest BCUT2D eigenvalue weighted by Crippen LogP contribution is -2.54. The maximum Gasteiger partial charge on any atom is 0.329 e. The van der Waals surface area contributed by atoms with Crippen LogP contribution in [0.1, 0.15) is 48.0 Å². The van der Waals surface area contributed by atoms with Gasteiger partial charge in [-0.05, 0) is 44.2 Å². The summed E-state index contributed by atoms with van der Waals surface area (Å²) in [6.07, 6.45) is 3.40. The van der Waals surface area contributed by atoms with Crippen LogP contribution in [0.25, 0.3) is 0 Å². The lowest BCUT2D eigenvalue weighted by atomic mass is 9.98. The first-order valence-electron chi connectivity index (χ1n) is 10.2. The number of amidine groups is 1. The van der Waals surface area contributed by atoms with Crippen molar-refractivity contribution in [2.24, 2.45) is 5.73 Å². The molecule has 4 N–H and O–H groups in total. The molecule has 2 aliphatic rings. The van der Waals surface area contributed by atoms with Crippen molar-refractivity contribution in [2.45, 2.75) is 44.2 Å². The Morgan fingerprint density at radius 3 is 2.27 bits per heavy atom. The van der Waals surface area contributed by atoms with Gasteiger partial charge in [0.05, 0.1) is 6.10 Å². The zero-order valence-corrected chi connectivity index (χ0v) is 16.9. The topological polar surface area (TPSA) is 137 Å². The Balaban J connectivity index is 1.63. The van der Waals surface area contributed by atoms with Crippen LogP contribution in [-0.4, -0.2) is 76.9 Å². The number of rotatable bonds is 6. The number of carboxylic acid groups (broad SMARTS) is 1. The van der Waals surface area contributed by atoms with Crippen molar-refractivity contribution in [3.05, 3.63) is 35.4 Å².